The normalized spacial score (nSPS) is 17.6. The largest absolute Gasteiger partial charge is 0.493 e. The molecule has 7 nitrogen and oxygen atoms in total. The van der Waals surface area contributed by atoms with Crippen LogP contribution in [-0.4, -0.2) is 46.6 Å². The van der Waals surface area contributed by atoms with Gasteiger partial charge in [-0.2, -0.15) is 0 Å². The number of amides is 1. The van der Waals surface area contributed by atoms with Crippen LogP contribution in [-0.2, 0) is 22.4 Å². The van der Waals surface area contributed by atoms with Crippen LogP contribution in [0.5, 0.6) is 5.75 Å². The van der Waals surface area contributed by atoms with Gasteiger partial charge in [0.05, 0.1) is 18.2 Å². The first-order chi connectivity index (χ1) is 16.4. The molecular weight excluding hydrogens is 432 g/mol. The van der Waals surface area contributed by atoms with Crippen molar-refractivity contribution in [3.8, 4) is 17.2 Å². The van der Waals surface area contributed by atoms with Crippen molar-refractivity contribution in [2.24, 2.45) is 11.8 Å². The van der Waals surface area contributed by atoms with Gasteiger partial charge in [0.15, 0.2) is 0 Å². The Balaban J connectivity index is 1.26. The zero-order valence-corrected chi connectivity index (χ0v) is 19.6. The molecule has 178 valence electrons. The molecule has 0 radical (unpaired) electrons. The van der Waals surface area contributed by atoms with Crippen molar-refractivity contribution < 1.29 is 23.8 Å². The highest BCUT2D eigenvalue weighted by Gasteiger charge is 2.38. The Bertz CT molecular complexity index is 1120. The summed E-state index contributed by atoms with van der Waals surface area (Å²) in [4.78, 5) is 29.5. The molecule has 1 aliphatic heterocycles. The molecule has 3 aromatic rings. The number of benzene rings is 2. The molecular formula is C27H30N2O5. The summed E-state index contributed by atoms with van der Waals surface area (Å²) < 4.78 is 11.7. The maximum Gasteiger partial charge on any atom is 0.308 e. The van der Waals surface area contributed by atoms with Crippen molar-refractivity contribution in [1.29, 1.82) is 0 Å². The molecule has 0 bridgehead atoms. The van der Waals surface area contributed by atoms with Crippen LogP contribution < -0.4 is 4.74 Å². The lowest BCUT2D eigenvalue weighted by Gasteiger charge is -2.14. The number of aliphatic carboxylic acids is 1. The standard InChI is InChI=1S/C27H30N2O5/c1-18-25(28-26(34-18)21-6-4-3-5-7-21)14-15-33-23-12-9-20(10-13-23)8-11-22-16-29(19(2)30)17-24(22)27(31)32/h3-7,9-10,12-13,22,24H,8,11,14-17H2,1-2H3,(H,31,32)/t22-,24-/m1/s1. The molecule has 2 aromatic carbocycles. The summed E-state index contributed by atoms with van der Waals surface area (Å²) in [6, 6.07) is 17.7. The van der Waals surface area contributed by atoms with Gasteiger partial charge in [-0.05, 0) is 55.5 Å². The third-order valence-electron chi connectivity index (χ3n) is 6.45. The van der Waals surface area contributed by atoms with Gasteiger partial charge in [-0.3, -0.25) is 9.59 Å². The molecule has 1 amide bonds. The van der Waals surface area contributed by atoms with Crippen LogP contribution in [0.4, 0.5) is 0 Å². The van der Waals surface area contributed by atoms with E-state index in [1.807, 2.05) is 61.5 Å². The lowest BCUT2D eigenvalue weighted by atomic mass is 9.90. The molecule has 0 saturated carbocycles. The Labute approximate surface area is 199 Å². The van der Waals surface area contributed by atoms with E-state index >= 15 is 0 Å². The zero-order chi connectivity index (χ0) is 24.1. The molecule has 1 aromatic heterocycles. The minimum atomic E-state index is -0.823. The van der Waals surface area contributed by atoms with E-state index in [1.165, 1.54) is 6.92 Å². The molecule has 1 fully saturated rings. The Morgan fingerprint density at radius 2 is 1.82 bits per heavy atom. The van der Waals surface area contributed by atoms with Crippen molar-refractivity contribution >= 4 is 11.9 Å². The number of rotatable bonds is 9. The lowest BCUT2D eigenvalue weighted by Crippen LogP contribution is -2.27. The van der Waals surface area contributed by atoms with Crippen LogP contribution in [0.3, 0.4) is 0 Å². The number of hydrogen-bond acceptors (Lipinski definition) is 5. The predicted molar refractivity (Wildman–Crippen MR) is 128 cm³/mol. The predicted octanol–water partition coefficient (Wildman–Crippen LogP) is 4.38. The second-order valence-corrected chi connectivity index (χ2v) is 8.80. The van der Waals surface area contributed by atoms with E-state index in [2.05, 4.69) is 4.98 Å². The number of aryl methyl sites for hydroxylation is 2. The SMILES string of the molecule is CC(=O)N1C[C@@H](CCc2ccc(OCCc3nc(-c4ccccc4)oc3C)cc2)[C@H](C(=O)O)C1. The van der Waals surface area contributed by atoms with E-state index in [4.69, 9.17) is 9.15 Å². The highest BCUT2D eigenvalue weighted by molar-refractivity contribution is 5.77. The molecule has 1 saturated heterocycles. The van der Waals surface area contributed by atoms with E-state index in [0.29, 0.717) is 32.0 Å². The van der Waals surface area contributed by atoms with Crippen molar-refractivity contribution in [1.82, 2.24) is 9.88 Å². The number of aromatic nitrogens is 1. The van der Waals surface area contributed by atoms with Crippen LogP contribution in [0.25, 0.3) is 11.5 Å². The van der Waals surface area contributed by atoms with Crippen LogP contribution in [0.15, 0.2) is 59.0 Å². The molecule has 0 aliphatic carbocycles. The maximum atomic E-state index is 11.6. The fourth-order valence-corrected chi connectivity index (χ4v) is 4.43. The van der Waals surface area contributed by atoms with Gasteiger partial charge in [0.25, 0.3) is 0 Å². The highest BCUT2D eigenvalue weighted by Crippen LogP contribution is 2.28. The summed E-state index contributed by atoms with van der Waals surface area (Å²) in [5.74, 6) is 0.796. The monoisotopic (exact) mass is 462 g/mol. The van der Waals surface area contributed by atoms with Gasteiger partial charge < -0.3 is 19.2 Å². The van der Waals surface area contributed by atoms with Gasteiger partial charge in [-0.15, -0.1) is 0 Å². The van der Waals surface area contributed by atoms with Gasteiger partial charge in [0, 0.05) is 32.0 Å². The molecule has 1 aliphatic rings. The highest BCUT2D eigenvalue weighted by atomic mass is 16.5. The first-order valence-electron chi connectivity index (χ1n) is 11.6. The third-order valence-corrected chi connectivity index (χ3v) is 6.45. The van der Waals surface area contributed by atoms with Gasteiger partial charge in [-0.25, -0.2) is 4.98 Å². The van der Waals surface area contributed by atoms with Crippen molar-refractivity contribution in [2.45, 2.75) is 33.1 Å². The summed E-state index contributed by atoms with van der Waals surface area (Å²) in [5, 5.41) is 9.49. The van der Waals surface area contributed by atoms with Crippen molar-refractivity contribution in [3.63, 3.8) is 0 Å². The number of likely N-dealkylation sites (tertiary alicyclic amines) is 1. The Kier molecular flexibility index (Phi) is 7.30. The van der Waals surface area contributed by atoms with E-state index in [1.54, 1.807) is 4.90 Å². The number of ether oxygens (including phenoxy) is 1. The van der Waals surface area contributed by atoms with E-state index < -0.39 is 11.9 Å². The summed E-state index contributed by atoms with van der Waals surface area (Å²) in [6.45, 7) is 4.72. The second-order valence-electron chi connectivity index (χ2n) is 8.80. The van der Waals surface area contributed by atoms with Crippen LogP contribution in [0.2, 0.25) is 0 Å². The Morgan fingerprint density at radius 1 is 1.09 bits per heavy atom. The number of carbonyl (C=O) groups is 2. The summed E-state index contributed by atoms with van der Waals surface area (Å²) in [6.07, 6.45) is 2.14. The fraction of sp³-hybridized carbons (Fsp3) is 0.370. The van der Waals surface area contributed by atoms with Gasteiger partial charge in [-0.1, -0.05) is 30.3 Å². The van der Waals surface area contributed by atoms with E-state index in [9.17, 15) is 14.7 Å². The first kappa shape index (κ1) is 23.5. The Hall–Kier alpha value is -3.61. The molecule has 2 heterocycles. The smallest absolute Gasteiger partial charge is 0.308 e. The maximum absolute atomic E-state index is 11.6. The molecule has 4 rings (SSSR count). The molecule has 2 atom stereocenters. The molecule has 1 N–H and O–H groups in total. The second kappa shape index (κ2) is 10.5. The van der Waals surface area contributed by atoms with Gasteiger partial charge in [0.2, 0.25) is 11.8 Å². The quantitative estimate of drug-likeness (QED) is 0.507. The number of oxazole rings is 1. The summed E-state index contributed by atoms with van der Waals surface area (Å²) in [7, 11) is 0. The van der Waals surface area contributed by atoms with Gasteiger partial charge >= 0.3 is 5.97 Å². The van der Waals surface area contributed by atoms with Crippen LogP contribution in [0, 0.1) is 18.8 Å². The van der Waals surface area contributed by atoms with E-state index in [0.717, 1.165) is 41.2 Å². The lowest BCUT2D eigenvalue weighted by molar-refractivity contribution is -0.142. The summed E-state index contributed by atoms with van der Waals surface area (Å²) >= 11 is 0. The molecule has 0 unspecified atom stereocenters. The number of hydrogen-bond donors (Lipinski definition) is 1. The third kappa shape index (κ3) is 5.65. The number of carboxylic acid groups (broad SMARTS) is 1. The Morgan fingerprint density at radius 3 is 2.50 bits per heavy atom. The van der Waals surface area contributed by atoms with Crippen molar-refractivity contribution in [3.05, 3.63) is 71.6 Å². The minimum Gasteiger partial charge on any atom is -0.493 e. The van der Waals surface area contributed by atoms with Gasteiger partial charge in [0.1, 0.15) is 11.5 Å². The number of nitrogens with zero attached hydrogens (tertiary/aromatic N) is 2. The topological polar surface area (TPSA) is 92.9 Å². The molecule has 34 heavy (non-hydrogen) atoms. The average Bonchev–Trinajstić information content (AvgIpc) is 3.43. The van der Waals surface area contributed by atoms with E-state index in [-0.39, 0.29) is 11.8 Å². The zero-order valence-electron chi connectivity index (χ0n) is 19.6. The summed E-state index contributed by atoms with van der Waals surface area (Å²) in [5.41, 5.74) is 2.96. The molecule has 0 spiro atoms. The average molecular weight is 463 g/mol. The minimum absolute atomic E-state index is 0.0243. The number of carboxylic acids is 1. The fourth-order valence-electron chi connectivity index (χ4n) is 4.43. The van der Waals surface area contributed by atoms with Crippen LogP contribution in [0.1, 0.15) is 30.4 Å². The first-order valence-corrected chi connectivity index (χ1v) is 11.6. The molecule has 7 heteroatoms. The number of carbonyl (C=O) groups excluding carboxylic acids is 1. The van der Waals surface area contributed by atoms with Crippen molar-refractivity contribution in [2.75, 3.05) is 19.7 Å². The van der Waals surface area contributed by atoms with Crippen LogP contribution >= 0.6 is 0 Å².